The number of rotatable bonds is 8. The van der Waals surface area contributed by atoms with E-state index in [0.29, 0.717) is 0 Å². The van der Waals surface area contributed by atoms with E-state index in [1.807, 2.05) is 6.07 Å². The quantitative estimate of drug-likeness (QED) is 0.738. The Morgan fingerprint density at radius 3 is 2.62 bits per heavy atom. The molecule has 1 N–H and O–H groups in total. The number of methoxy groups -OCH3 is 2. The van der Waals surface area contributed by atoms with Crippen LogP contribution in [0, 0.1) is 0 Å². The molecule has 156 valence electrons. The Balaban J connectivity index is 1.47. The lowest BCUT2D eigenvalue weighted by molar-refractivity contribution is 0.0160. The van der Waals surface area contributed by atoms with E-state index in [9.17, 15) is 0 Å². The molecule has 0 radical (unpaired) electrons. The predicted octanol–water partition coefficient (Wildman–Crippen LogP) is 2.80. The molecule has 1 atom stereocenters. The lowest BCUT2D eigenvalue weighted by Gasteiger charge is -2.35. The monoisotopic (exact) mass is 398 g/mol. The molecule has 0 spiro atoms. The van der Waals surface area contributed by atoms with Gasteiger partial charge in [-0.05, 0) is 34.9 Å². The molecule has 2 aromatic rings. The highest BCUT2D eigenvalue weighted by Gasteiger charge is 2.23. The van der Waals surface area contributed by atoms with Crippen molar-refractivity contribution in [2.45, 2.75) is 19.0 Å². The zero-order valence-electron chi connectivity index (χ0n) is 17.3. The van der Waals surface area contributed by atoms with Gasteiger partial charge in [-0.3, -0.25) is 4.90 Å². The molecule has 2 aromatic carbocycles. The number of morpholine rings is 1. The molecule has 2 heterocycles. The molecule has 6 nitrogen and oxygen atoms in total. The molecule has 0 amide bonds. The van der Waals surface area contributed by atoms with Gasteiger partial charge in [0, 0.05) is 38.6 Å². The second-order valence-electron chi connectivity index (χ2n) is 7.45. The van der Waals surface area contributed by atoms with Crippen LogP contribution in [0.3, 0.4) is 0 Å². The third-order valence-electron chi connectivity index (χ3n) is 5.70. The van der Waals surface area contributed by atoms with E-state index in [-0.39, 0.29) is 6.04 Å². The van der Waals surface area contributed by atoms with Crippen LogP contribution in [0.25, 0.3) is 0 Å². The first-order valence-electron chi connectivity index (χ1n) is 10.3. The van der Waals surface area contributed by atoms with Crippen molar-refractivity contribution in [3.63, 3.8) is 0 Å². The van der Waals surface area contributed by atoms with Gasteiger partial charge in [0.15, 0.2) is 11.5 Å². The van der Waals surface area contributed by atoms with Gasteiger partial charge in [0.2, 0.25) is 0 Å². The van der Waals surface area contributed by atoms with Crippen LogP contribution in [-0.4, -0.2) is 58.6 Å². The summed E-state index contributed by atoms with van der Waals surface area (Å²) in [4.78, 5) is 2.48. The van der Waals surface area contributed by atoms with E-state index in [1.54, 1.807) is 14.2 Å². The van der Waals surface area contributed by atoms with Gasteiger partial charge in [0.25, 0.3) is 0 Å². The van der Waals surface area contributed by atoms with Crippen LogP contribution in [0.2, 0.25) is 0 Å². The first-order valence-corrected chi connectivity index (χ1v) is 10.3. The summed E-state index contributed by atoms with van der Waals surface area (Å²) >= 11 is 0. The van der Waals surface area contributed by atoms with Crippen molar-refractivity contribution in [2.24, 2.45) is 0 Å². The van der Waals surface area contributed by atoms with Gasteiger partial charge in [0.05, 0.1) is 34.0 Å². The van der Waals surface area contributed by atoms with E-state index in [1.165, 1.54) is 16.7 Å². The van der Waals surface area contributed by atoms with Gasteiger partial charge in [-0.25, -0.2) is 0 Å². The van der Waals surface area contributed by atoms with Crippen molar-refractivity contribution in [3.8, 4) is 17.2 Å². The van der Waals surface area contributed by atoms with E-state index >= 15 is 0 Å². The van der Waals surface area contributed by atoms with Crippen molar-refractivity contribution in [1.29, 1.82) is 0 Å². The minimum atomic E-state index is 0.247. The van der Waals surface area contributed by atoms with Crippen molar-refractivity contribution in [3.05, 3.63) is 53.1 Å². The summed E-state index contributed by atoms with van der Waals surface area (Å²) in [6.45, 7) is 5.88. The van der Waals surface area contributed by atoms with Gasteiger partial charge >= 0.3 is 0 Å². The summed E-state index contributed by atoms with van der Waals surface area (Å²) < 4.78 is 22.1. The molecule has 2 aliphatic rings. The summed E-state index contributed by atoms with van der Waals surface area (Å²) in [5.74, 6) is 2.55. The lowest BCUT2D eigenvalue weighted by atomic mass is 10.0. The number of hydrogen-bond donors (Lipinski definition) is 1. The average molecular weight is 399 g/mol. The second-order valence-corrected chi connectivity index (χ2v) is 7.45. The molecule has 4 rings (SSSR count). The topological polar surface area (TPSA) is 52.2 Å². The average Bonchev–Trinajstić information content (AvgIpc) is 3.25. The van der Waals surface area contributed by atoms with Crippen LogP contribution in [0.4, 0.5) is 0 Å². The summed E-state index contributed by atoms with van der Waals surface area (Å²) in [7, 11) is 3.35. The van der Waals surface area contributed by atoms with Gasteiger partial charge in [-0.2, -0.15) is 0 Å². The largest absolute Gasteiger partial charge is 0.493 e. The molecule has 0 bridgehead atoms. The minimum absolute atomic E-state index is 0.247. The first kappa shape index (κ1) is 20.0. The van der Waals surface area contributed by atoms with Crippen LogP contribution < -0.4 is 19.5 Å². The van der Waals surface area contributed by atoms with Gasteiger partial charge in [-0.15, -0.1) is 0 Å². The van der Waals surface area contributed by atoms with Crippen molar-refractivity contribution in [1.82, 2.24) is 10.2 Å². The Morgan fingerprint density at radius 1 is 1.00 bits per heavy atom. The van der Waals surface area contributed by atoms with Crippen LogP contribution >= 0.6 is 0 Å². The molecular weight excluding hydrogens is 368 g/mol. The smallest absolute Gasteiger partial charge is 0.161 e. The first-order chi connectivity index (χ1) is 14.3. The fraction of sp³-hybridized carbons (Fsp3) is 0.478. The van der Waals surface area contributed by atoms with Crippen LogP contribution in [0.1, 0.15) is 22.7 Å². The molecule has 6 heteroatoms. The molecule has 0 saturated carbocycles. The number of ether oxygens (including phenoxy) is 4. The summed E-state index contributed by atoms with van der Waals surface area (Å²) in [6.07, 6.45) is 1.01. The zero-order valence-corrected chi connectivity index (χ0v) is 17.3. The van der Waals surface area contributed by atoms with E-state index in [4.69, 9.17) is 18.9 Å². The number of nitrogens with zero attached hydrogens (tertiary/aromatic N) is 1. The summed E-state index contributed by atoms with van der Waals surface area (Å²) in [6, 6.07) is 13.0. The normalized spacial score (nSPS) is 17.4. The molecule has 1 unspecified atom stereocenters. The van der Waals surface area contributed by atoms with Crippen molar-refractivity contribution >= 4 is 0 Å². The highest BCUT2D eigenvalue weighted by molar-refractivity contribution is 5.44. The fourth-order valence-corrected chi connectivity index (χ4v) is 4.11. The molecule has 2 aliphatic heterocycles. The fourth-order valence-electron chi connectivity index (χ4n) is 4.11. The van der Waals surface area contributed by atoms with Gasteiger partial charge in [0.1, 0.15) is 5.75 Å². The number of fused-ring (bicyclic) bond motifs is 1. The molecular formula is C23H30N2O4. The van der Waals surface area contributed by atoms with E-state index in [2.05, 4.69) is 40.5 Å². The van der Waals surface area contributed by atoms with Crippen LogP contribution in [0.15, 0.2) is 36.4 Å². The van der Waals surface area contributed by atoms with Gasteiger partial charge in [-0.1, -0.05) is 18.2 Å². The Bertz CT molecular complexity index is 821. The lowest BCUT2D eigenvalue weighted by Crippen LogP contribution is -2.42. The molecule has 29 heavy (non-hydrogen) atoms. The predicted molar refractivity (Wildman–Crippen MR) is 112 cm³/mol. The van der Waals surface area contributed by atoms with Crippen molar-refractivity contribution in [2.75, 3.05) is 53.7 Å². The summed E-state index contributed by atoms with van der Waals surface area (Å²) in [5.41, 5.74) is 3.83. The Hall–Kier alpha value is -2.28. The SMILES string of the molecule is COc1ccc(C(CNCc2ccc3c(c2)CCO3)N2CCOCC2)cc1OC. The standard InChI is InChI=1S/C23H30N2O4/c1-26-22-6-4-18(14-23(22)27-2)20(25-8-11-28-12-9-25)16-24-15-17-3-5-21-19(13-17)7-10-29-21/h3-6,13-14,20,24H,7-12,15-16H2,1-2H3. The number of nitrogens with one attached hydrogen (secondary N) is 1. The molecule has 0 aliphatic carbocycles. The van der Waals surface area contributed by atoms with E-state index in [0.717, 1.165) is 69.7 Å². The molecule has 1 fully saturated rings. The second kappa shape index (κ2) is 9.48. The van der Waals surface area contributed by atoms with Crippen LogP contribution in [-0.2, 0) is 17.7 Å². The zero-order chi connectivity index (χ0) is 20.1. The van der Waals surface area contributed by atoms with Gasteiger partial charge < -0.3 is 24.3 Å². The third-order valence-corrected chi connectivity index (χ3v) is 5.70. The van der Waals surface area contributed by atoms with E-state index < -0.39 is 0 Å². The maximum atomic E-state index is 5.61. The Labute approximate surface area is 172 Å². The number of hydrogen-bond acceptors (Lipinski definition) is 6. The molecule has 0 aromatic heterocycles. The highest BCUT2D eigenvalue weighted by Crippen LogP contribution is 2.32. The number of benzene rings is 2. The molecule has 1 saturated heterocycles. The Kier molecular flexibility index (Phi) is 6.54. The van der Waals surface area contributed by atoms with Crippen molar-refractivity contribution < 1.29 is 18.9 Å². The third kappa shape index (κ3) is 4.66. The summed E-state index contributed by atoms with van der Waals surface area (Å²) in [5, 5.41) is 3.66. The Morgan fingerprint density at radius 2 is 1.83 bits per heavy atom. The maximum absolute atomic E-state index is 5.61. The minimum Gasteiger partial charge on any atom is -0.493 e. The maximum Gasteiger partial charge on any atom is 0.161 e. The highest BCUT2D eigenvalue weighted by atomic mass is 16.5. The van der Waals surface area contributed by atoms with Crippen LogP contribution in [0.5, 0.6) is 17.2 Å².